The van der Waals surface area contributed by atoms with Gasteiger partial charge in [-0.05, 0) is 71.7 Å². The lowest BCUT2D eigenvalue weighted by Gasteiger charge is -2.40. The molecular weight excluding hydrogens is 569 g/mol. The Kier molecular flexibility index (Phi) is 8.05. The number of benzene rings is 3. The maximum atomic E-state index is 14.3. The van der Waals surface area contributed by atoms with Crippen molar-refractivity contribution in [1.82, 2.24) is 0 Å². The molecule has 0 spiro atoms. The van der Waals surface area contributed by atoms with Crippen LogP contribution in [0.4, 0.5) is 30.7 Å². The Morgan fingerprint density at radius 1 is 0.763 bits per heavy atom. The van der Waals surface area contributed by atoms with Crippen LogP contribution in [0.5, 0.6) is 5.75 Å². The van der Waals surface area contributed by atoms with E-state index in [1.807, 2.05) is 0 Å². The molecule has 0 heterocycles. The van der Waals surface area contributed by atoms with Crippen molar-refractivity contribution in [2.24, 2.45) is 0 Å². The molecule has 0 aliphatic heterocycles. The van der Waals surface area contributed by atoms with Gasteiger partial charge in [0.05, 0.1) is 0 Å². The first-order valence-electron chi connectivity index (χ1n) is 10.2. The summed E-state index contributed by atoms with van der Waals surface area (Å²) in [7, 11) is -11.1. The van der Waals surface area contributed by atoms with Gasteiger partial charge in [0.15, 0.2) is 6.61 Å². The van der Waals surface area contributed by atoms with Crippen LogP contribution >= 0.6 is 10.3 Å². The van der Waals surface area contributed by atoms with Gasteiger partial charge in [-0.1, -0.05) is 0 Å². The van der Waals surface area contributed by atoms with Crippen LogP contribution in [0, 0.1) is 37.1 Å². The summed E-state index contributed by atoms with van der Waals surface area (Å²) in [6.45, 7) is 1.81. The standard InChI is InChI=1S/C23H17F7O6S2/c1-12-3-18(4-13(2)22(12)35-11-21(31)32)37(36-38(33,34)23(28,29)30,19-7-14(24)5-15(25)8-19)20-9-16(26)6-17(27)10-20/h3-10H,11H2,1-2H3,(H,31,32). The van der Waals surface area contributed by atoms with Gasteiger partial charge in [0.1, 0.15) is 29.0 Å². The lowest BCUT2D eigenvalue weighted by Crippen LogP contribution is -2.27. The van der Waals surface area contributed by atoms with E-state index in [-0.39, 0.29) is 16.9 Å². The van der Waals surface area contributed by atoms with Gasteiger partial charge >= 0.3 is 21.6 Å². The molecule has 0 unspecified atom stereocenters. The second kappa shape index (κ2) is 10.5. The summed E-state index contributed by atoms with van der Waals surface area (Å²) in [5.41, 5.74) is -5.96. The number of halogens is 7. The van der Waals surface area contributed by atoms with E-state index >= 15 is 0 Å². The first-order valence-corrected chi connectivity index (χ1v) is 13.2. The molecule has 0 radical (unpaired) electrons. The Hall–Kier alpha value is -3.30. The van der Waals surface area contributed by atoms with Crippen molar-refractivity contribution >= 4 is 26.4 Å². The largest absolute Gasteiger partial charge is 0.524 e. The van der Waals surface area contributed by atoms with Crippen molar-refractivity contribution in [3.63, 3.8) is 0 Å². The van der Waals surface area contributed by atoms with Gasteiger partial charge in [-0.25, -0.2) is 22.4 Å². The molecule has 38 heavy (non-hydrogen) atoms. The third kappa shape index (κ3) is 5.89. The van der Waals surface area contributed by atoms with E-state index in [4.69, 9.17) is 13.5 Å². The Labute approximate surface area is 213 Å². The maximum Gasteiger partial charge on any atom is 0.524 e. The zero-order chi connectivity index (χ0) is 28.6. The summed E-state index contributed by atoms with van der Waals surface area (Å²) in [6.07, 6.45) is 0. The van der Waals surface area contributed by atoms with Gasteiger partial charge in [0, 0.05) is 26.8 Å². The molecule has 0 aliphatic carbocycles. The highest BCUT2D eigenvalue weighted by Crippen LogP contribution is 2.71. The number of hydrogen-bond donors (Lipinski definition) is 1. The molecule has 0 saturated carbocycles. The fraction of sp³-hybridized carbons (Fsp3) is 0.174. The number of carbonyl (C=O) groups is 1. The molecule has 3 aromatic carbocycles. The molecule has 3 rings (SSSR count). The Morgan fingerprint density at radius 3 is 1.47 bits per heavy atom. The van der Waals surface area contributed by atoms with Gasteiger partial charge in [0.2, 0.25) is 0 Å². The molecule has 1 N–H and O–H groups in total. The van der Waals surface area contributed by atoms with Crippen LogP contribution in [0.1, 0.15) is 11.1 Å². The van der Waals surface area contributed by atoms with Crippen molar-refractivity contribution in [3.8, 4) is 5.75 Å². The number of aliphatic carboxylic acids is 1. The SMILES string of the molecule is Cc1cc(S(OS(=O)(=O)C(F)(F)F)(c2cc(F)cc(F)c2)c2cc(F)cc(F)c2)cc(C)c1OCC(=O)O. The minimum atomic E-state index is -6.57. The smallest absolute Gasteiger partial charge is 0.481 e. The monoisotopic (exact) mass is 586 g/mol. The minimum Gasteiger partial charge on any atom is -0.481 e. The molecule has 0 bridgehead atoms. The van der Waals surface area contributed by atoms with Crippen LogP contribution in [0.2, 0.25) is 0 Å². The van der Waals surface area contributed by atoms with E-state index in [2.05, 4.69) is 0 Å². The van der Waals surface area contributed by atoms with Crippen LogP contribution in [-0.4, -0.2) is 31.6 Å². The number of carboxylic acid groups (broad SMARTS) is 1. The summed E-state index contributed by atoms with van der Waals surface area (Å²) in [6, 6.07) is 4.63. The van der Waals surface area contributed by atoms with Gasteiger partial charge in [0.25, 0.3) is 0 Å². The topological polar surface area (TPSA) is 89.9 Å². The first-order chi connectivity index (χ1) is 17.5. The number of ether oxygens (including phenoxy) is 1. The number of carboxylic acids is 1. The summed E-state index contributed by atoms with van der Waals surface area (Å²) >= 11 is 0. The van der Waals surface area contributed by atoms with Crippen molar-refractivity contribution in [1.29, 1.82) is 0 Å². The Bertz CT molecular complexity index is 1390. The van der Waals surface area contributed by atoms with Gasteiger partial charge in [-0.15, -0.1) is 0 Å². The quantitative estimate of drug-likeness (QED) is 0.243. The predicted molar refractivity (Wildman–Crippen MR) is 120 cm³/mol. The fourth-order valence-corrected chi connectivity index (χ4v) is 8.47. The van der Waals surface area contributed by atoms with E-state index in [0.29, 0.717) is 36.4 Å². The average Bonchev–Trinajstić information content (AvgIpc) is 2.74. The third-order valence-electron chi connectivity index (χ3n) is 4.92. The highest BCUT2D eigenvalue weighted by molar-refractivity contribution is 8.33. The Morgan fingerprint density at radius 2 is 1.13 bits per heavy atom. The number of hydrogen-bond acceptors (Lipinski definition) is 5. The summed E-state index contributed by atoms with van der Waals surface area (Å²) in [4.78, 5) is 8.81. The number of alkyl halides is 3. The molecular formula is C23H17F7O6S2. The van der Waals surface area contributed by atoms with E-state index in [1.165, 1.54) is 13.8 Å². The molecule has 0 aliphatic rings. The predicted octanol–water partition coefficient (Wildman–Crippen LogP) is 6.39. The van der Waals surface area contributed by atoms with Crippen molar-refractivity contribution in [2.45, 2.75) is 34.0 Å². The molecule has 0 fully saturated rings. The zero-order valence-electron chi connectivity index (χ0n) is 19.3. The lowest BCUT2D eigenvalue weighted by atomic mass is 10.1. The van der Waals surface area contributed by atoms with Gasteiger partial charge in [-0.2, -0.15) is 25.2 Å². The molecule has 0 aromatic heterocycles. The van der Waals surface area contributed by atoms with E-state index in [0.717, 1.165) is 12.1 Å². The highest BCUT2D eigenvalue weighted by Gasteiger charge is 2.53. The molecule has 206 valence electrons. The van der Waals surface area contributed by atoms with Crippen LogP contribution < -0.4 is 4.74 Å². The van der Waals surface area contributed by atoms with Crippen molar-refractivity contribution in [2.75, 3.05) is 6.61 Å². The average molecular weight is 587 g/mol. The summed E-state index contributed by atoms with van der Waals surface area (Å²) < 4.78 is 133. The third-order valence-corrected chi connectivity index (χ3v) is 9.72. The Balaban J connectivity index is 2.51. The molecule has 0 amide bonds. The second-order valence-corrected chi connectivity index (χ2v) is 12.2. The lowest BCUT2D eigenvalue weighted by molar-refractivity contribution is -0.139. The number of rotatable bonds is 8. The molecule has 3 aromatic rings. The van der Waals surface area contributed by atoms with Crippen molar-refractivity contribution < 1.29 is 57.4 Å². The van der Waals surface area contributed by atoms with E-state index in [9.17, 15) is 43.9 Å². The zero-order valence-corrected chi connectivity index (χ0v) is 20.9. The van der Waals surface area contributed by atoms with Crippen LogP contribution in [0.25, 0.3) is 0 Å². The summed E-state index contributed by atoms with van der Waals surface area (Å²) in [5, 5.41) is 8.89. The van der Waals surface area contributed by atoms with Gasteiger partial charge in [-0.3, -0.25) is 0 Å². The number of aryl methyl sites for hydroxylation is 2. The highest BCUT2D eigenvalue weighted by atomic mass is 32.3. The van der Waals surface area contributed by atoms with E-state index in [1.54, 1.807) is 0 Å². The molecule has 0 atom stereocenters. The van der Waals surface area contributed by atoms with E-state index < -0.39 is 76.5 Å². The fourth-order valence-electron chi connectivity index (χ4n) is 3.53. The maximum absolute atomic E-state index is 14.3. The van der Waals surface area contributed by atoms with Crippen LogP contribution in [0.3, 0.4) is 0 Å². The van der Waals surface area contributed by atoms with Crippen LogP contribution in [0.15, 0.2) is 63.2 Å². The molecule has 0 saturated heterocycles. The first kappa shape index (κ1) is 29.3. The summed E-state index contributed by atoms with van der Waals surface area (Å²) in [5.74, 6) is -6.82. The van der Waals surface area contributed by atoms with Crippen LogP contribution in [-0.2, 0) is 18.5 Å². The van der Waals surface area contributed by atoms with Gasteiger partial charge < -0.3 is 9.84 Å². The normalized spacial score (nSPS) is 12.9. The second-order valence-electron chi connectivity index (χ2n) is 7.80. The molecule has 6 nitrogen and oxygen atoms in total. The minimum absolute atomic E-state index is 0.0416. The molecule has 15 heteroatoms. The van der Waals surface area contributed by atoms with Crippen molar-refractivity contribution in [3.05, 3.63) is 82.9 Å².